The van der Waals surface area contributed by atoms with Crippen molar-refractivity contribution in [1.29, 1.82) is 0 Å². The highest BCUT2D eigenvalue weighted by Crippen LogP contribution is 2.19. The van der Waals surface area contributed by atoms with E-state index < -0.39 is 0 Å². The van der Waals surface area contributed by atoms with Crippen LogP contribution in [0.2, 0.25) is 0 Å². The molecule has 0 unspecified atom stereocenters. The number of hydrogen-bond donors (Lipinski definition) is 3. The number of nitrogens with two attached hydrogens (primary N) is 1. The predicted octanol–water partition coefficient (Wildman–Crippen LogP) is 2.51. The first-order valence-corrected chi connectivity index (χ1v) is 6.33. The molecule has 100 valence electrons. The van der Waals surface area contributed by atoms with Crippen molar-refractivity contribution >= 4 is 17.3 Å². The molecule has 0 radical (unpaired) electrons. The first-order valence-electron chi connectivity index (χ1n) is 6.33. The maximum atomic E-state index is 12.1. The van der Waals surface area contributed by atoms with Gasteiger partial charge < -0.3 is 11.1 Å². The van der Waals surface area contributed by atoms with Gasteiger partial charge in [-0.15, -0.1) is 0 Å². The molecular formula is C14H18N4O. The Morgan fingerprint density at radius 1 is 1.42 bits per heavy atom. The number of hydrogen-bond acceptors (Lipinski definition) is 3. The van der Waals surface area contributed by atoms with E-state index in [9.17, 15) is 4.79 Å². The number of rotatable bonds is 4. The zero-order valence-corrected chi connectivity index (χ0v) is 11.2. The highest BCUT2D eigenvalue weighted by Gasteiger charge is 2.16. The second-order valence-electron chi connectivity index (χ2n) is 4.47. The highest BCUT2D eigenvalue weighted by atomic mass is 16.2. The van der Waals surface area contributed by atoms with Crippen LogP contribution in [0.3, 0.4) is 0 Å². The fourth-order valence-corrected chi connectivity index (χ4v) is 1.92. The summed E-state index contributed by atoms with van der Waals surface area (Å²) in [5.74, 6) is -0.287. The van der Waals surface area contributed by atoms with Gasteiger partial charge in [0.1, 0.15) is 0 Å². The van der Waals surface area contributed by atoms with Crippen LogP contribution in [0, 0.1) is 6.92 Å². The van der Waals surface area contributed by atoms with Crippen molar-refractivity contribution in [3.05, 3.63) is 41.2 Å². The van der Waals surface area contributed by atoms with Crippen LogP contribution < -0.4 is 11.1 Å². The summed E-state index contributed by atoms with van der Waals surface area (Å²) in [4.78, 5) is 12.1. The van der Waals surface area contributed by atoms with Crippen LogP contribution in [0.5, 0.6) is 0 Å². The number of anilines is 2. The highest BCUT2D eigenvalue weighted by molar-refractivity contribution is 6.06. The molecule has 0 aliphatic heterocycles. The lowest BCUT2D eigenvalue weighted by Crippen LogP contribution is -2.15. The lowest BCUT2D eigenvalue weighted by molar-refractivity contribution is 0.102. The number of para-hydroxylation sites is 1. The monoisotopic (exact) mass is 258 g/mol. The molecule has 19 heavy (non-hydrogen) atoms. The van der Waals surface area contributed by atoms with Crippen molar-refractivity contribution in [3.8, 4) is 0 Å². The summed E-state index contributed by atoms with van der Waals surface area (Å²) in [6.45, 7) is 3.89. The summed E-state index contributed by atoms with van der Waals surface area (Å²) < 4.78 is 0. The minimum atomic E-state index is -0.287. The van der Waals surface area contributed by atoms with Crippen molar-refractivity contribution in [2.75, 3.05) is 11.1 Å². The normalized spacial score (nSPS) is 10.4. The molecule has 5 nitrogen and oxygen atoms in total. The Labute approximate surface area is 112 Å². The molecule has 4 N–H and O–H groups in total. The Bertz CT molecular complexity index is 589. The maximum Gasteiger partial charge on any atom is 0.278 e. The number of H-pyrrole nitrogens is 1. The Balaban J connectivity index is 2.22. The van der Waals surface area contributed by atoms with Gasteiger partial charge in [-0.05, 0) is 25.0 Å². The number of nitrogens with one attached hydrogen (secondary N) is 2. The molecule has 0 saturated carbocycles. The van der Waals surface area contributed by atoms with Gasteiger partial charge in [-0.3, -0.25) is 9.89 Å². The Kier molecular flexibility index (Phi) is 3.85. The van der Waals surface area contributed by atoms with E-state index in [1.54, 1.807) is 6.92 Å². The van der Waals surface area contributed by atoms with Gasteiger partial charge in [0, 0.05) is 5.69 Å². The molecule has 0 atom stereocenters. The maximum absolute atomic E-state index is 12.1. The van der Waals surface area contributed by atoms with E-state index in [1.165, 1.54) is 0 Å². The number of amides is 1. The number of nitrogen functional groups attached to an aromatic ring is 1. The number of aromatic amines is 1. The van der Waals surface area contributed by atoms with Crippen LogP contribution in [0.15, 0.2) is 24.3 Å². The van der Waals surface area contributed by atoms with E-state index in [0.29, 0.717) is 11.4 Å². The molecule has 5 heteroatoms. The van der Waals surface area contributed by atoms with E-state index in [1.807, 2.05) is 24.3 Å². The van der Waals surface area contributed by atoms with Crippen molar-refractivity contribution in [2.24, 2.45) is 0 Å². The van der Waals surface area contributed by atoms with Crippen molar-refractivity contribution in [3.63, 3.8) is 0 Å². The third-order valence-electron chi connectivity index (χ3n) is 2.99. The standard InChI is InChI=1S/C14H18N4O/c1-3-6-10-7-4-5-8-11(10)16-14(19)13-12(15)9(2)17-18-13/h4-5,7-8H,3,6,15H2,1-2H3,(H,16,19)(H,17,18). The first-order chi connectivity index (χ1) is 9.13. The van der Waals surface area contributed by atoms with E-state index in [2.05, 4.69) is 22.4 Å². The van der Waals surface area contributed by atoms with Crippen LogP contribution >= 0.6 is 0 Å². The summed E-state index contributed by atoms with van der Waals surface area (Å²) in [5, 5.41) is 9.50. The third kappa shape index (κ3) is 2.76. The van der Waals surface area contributed by atoms with Gasteiger partial charge in [-0.1, -0.05) is 31.5 Å². The van der Waals surface area contributed by atoms with Crippen LogP contribution in [0.1, 0.15) is 35.1 Å². The van der Waals surface area contributed by atoms with E-state index in [0.717, 1.165) is 24.1 Å². The fourth-order valence-electron chi connectivity index (χ4n) is 1.92. The average Bonchev–Trinajstić information content (AvgIpc) is 2.73. The molecule has 0 fully saturated rings. The van der Waals surface area contributed by atoms with Crippen LogP contribution in [0.4, 0.5) is 11.4 Å². The topological polar surface area (TPSA) is 83.8 Å². The molecule has 0 aliphatic carbocycles. The van der Waals surface area contributed by atoms with E-state index >= 15 is 0 Å². The predicted molar refractivity (Wildman–Crippen MR) is 76.1 cm³/mol. The van der Waals surface area contributed by atoms with Gasteiger partial charge in [0.2, 0.25) is 0 Å². The number of benzene rings is 1. The van der Waals surface area contributed by atoms with Crippen LogP contribution in [-0.4, -0.2) is 16.1 Å². The summed E-state index contributed by atoms with van der Waals surface area (Å²) in [5.41, 5.74) is 9.06. The smallest absolute Gasteiger partial charge is 0.278 e. The molecule has 2 rings (SSSR count). The minimum Gasteiger partial charge on any atom is -0.395 e. The Morgan fingerprint density at radius 3 is 2.79 bits per heavy atom. The fraction of sp³-hybridized carbons (Fsp3) is 0.286. The van der Waals surface area contributed by atoms with Crippen LogP contribution in [-0.2, 0) is 6.42 Å². The van der Waals surface area contributed by atoms with Gasteiger partial charge in [0.25, 0.3) is 5.91 Å². The van der Waals surface area contributed by atoms with Gasteiger partial charge in [-0.2, -0.15) is 5.10 Å². The number of carbonyl (C=O) groups excluding carboxylic acids is 1. The summed E-state index contributed by atoms with van der Waals surface area (Å²) >= 11 is 0. The van der Waals surface area contributed by atoms with Gasteiger partial charge in [0.15, 0.2) is 5.69 Å². The molecule has 0 spiro atoms. The minimum absolute atomic E-state index is 0.240. The average molecular weight is 258 g/mol. The van der Waals surface area contributed by atoms with Gasteiger partial charge >= 0.3 is 0 Å². The molecule has 0 aliphatic rings. The molecule has 1 heterocycles. The Morgan fingerprint density at radius 2 is 2.16 bits per heavy atom. The molecule has 1 aromatic heterocycles. The lowest BCUT2D eigenvalue weighted by atomic mass is 10.1. The molecule has 0 bridgehead atoms. The largest absolute Gasteiger partial charge is 0.395 e. The number of aromatic nitrogens is 2. The second kappa shape index (κ2) is 5.56. The molecule has 1 aromatic carbocycles. The zero-order valence-electron chi connectivity index (χ0n) is 11.2. The quantitative estimate of drug-likeness (QED) is 0.787. The van der Waals surface area contributed by atoms with E-state index in [-0.39, 0.29) is 11.6 Å². The number of aryl methyl sites for hydroxylation is 2. The lowest BCUT2D eigenvalue weighted by Gasteiger charge is -2.09. The van der Waals surface area contributed by atoms with E-state index in [4.69, 9.17) is 5.73 Å². The SMILES string of the molecule is CCCc1ccccc1NC(=O)c1n[nH]c(C)c1N. The summed E-state index contributed by atoms with van der Waals surface area (Å²) in [6, 6.07) is 7.76. The van der Waals surface area contributed by atoms with Crippen molar-refractivity contribution < 1.29 is 4.79 Å². The van der Waals surface area contributed by atoms with Crippen LogP contribution in [0.25, 0.3) is 0 Å². The second-order valence-corrected chi connectivity index (χ2v) is 4.47. The molecule has 0 saturated heterocycles. The van der Waals surface area contributed by atoms with Gasteiger partial charge in [-0.25, -0.2) is 0 Å². The number of nitrogens with zero attached hydrogens (tertiary/aromatic N) is 1. The summed E-state index contributed by atoms with van der Waals surface area (Å²) in [6.07, 6.45) is 1.95. The van der Waals surface area contributed by atoms with Crippen molar-refractivity contribution in [2.45, 2.75) is 26.7 Å². The number of carbonyl (C=O) groups is 1. The summed E-state index contributed by atoms with van der Waals surface area (Å²) in [7, 11) is 0. The Hall–Kier alpha value is -2.30. The van der Waals surface area contributed by atoms with Crippen molar-refractivity contribution in [1.82, 2.24) is 10.2 Å². The third-order valence-corrected chi connectivity index (χ3v) is 2.99. The zero-order chi connectivity index (χ0) is 13.8. The molecular weight excluding hydrogens is 240 g/mol. The molecule has 1 amide bonds. The molecule has 2 aromatic rings. The first kappa shape index (κ1) is 13.1. The van der Waals surface area contributed by atoms with Gasteiger partial charge in [0.05, 0.1) is 11.4 Å².